The van der Waals surface area contributed by atoms with Crippen LogP contribution in [0, 0.1) is 5.92 Å². The van der Waals surface area contributed by atoms with E-state index in [1.54, 1.807) is 0 Å². The van der Waals surface area contributed by atoms with Crippen molar-refractivity contribution >= 4 is 12.4 Å². The first kappa shape index (κ1) is 15.1. The van der Waals surface area contributed by atoms with E-state index in [2.05, 4.69) is 5.32 Å². The predicted molar refractivity (Wildman–Crippen MR) is 75.9 cm³/mol. The van der Waals surface area contributed by atoms with Crippen LogP contribution in [0.4, 0.5) is 0 Å². The summed E-state index contributed by atoms with van der Waals surface area (Å²) in [6.45, 7) is 5.65. The van der Waals surface area contributed by atoms with Crippen molar-refractivity contribution in [1.82, 2.24) is 5.32 Å². The molecule has 102 valence electrons. The number of ether oxygens (including phenoxy) is 2. The molecule has 1 aliphatic heterocycles. The van der Waals surface area contributed by atoms with Crippen LogP contribution >= 0.6 is 12.4 Å². The van der Waals surface area contributed by atoms with Crippen molar-refractivity contribution in [3.63, 3.8) is 0 Å². The minimum Gasteiger partial charge on any atom is -0.490 e. The summed E-state index contributed by atoms with van der Waals surface area (Å²) in [5.41, 5.74) is 0. The second-order valence-electron chi connectivity index (χ2n) is 4.40. The van der Waals surface area contributed by atoms with Gasteiger partial charge < -0.3 is 14.8 Å². The maximum atomic E-state index is 5.86. The molecule has 1 saturated heterocycles. The maximum Gasteiger partial charge on any atom is 0.161 e. The van der Waals surface area contributed by atoms with Gasteiger partial charge in [-0.2, -0.15) is 0 Å². The highest BCUT2D eigenvalue weighted by Crippen LogP contribution is 2.27. The Morgan fingerprint density at radius 2 is 1.94 bits per heavy atom. The van der Waals surface area contributed by atoms with Crippen LogP contribution in [-0.2, 0) is 0 Å². The molecule has 0 bridgehead atoms. The zero-order valence-corrected chi connectivity index (χ0v) is 11.7. The highest BCUT2D eigenvalue weighted by molar-refractivity contribution is 5.85. The van der Waals surface area contributed by atoms with Crippen molar-refractivity contribution in [3.8, 4) is 11.5 Å². The highest BCUT2D eigenvalue weighted by Gasteiger charge is 2.14. The lowest BCUT2D eigenvalue weighted by Crippen LogP contribution is -2.33. The molecule has 1 aliphatic rings. The van der Waals surface area contributed by atoms with E-state index in [9.17, 15) is 0 Å². The SMILES string of the molecule is CCOc1ccccc1OCC1CCCNC1.Cl. The van der Waals surface area contributed by atoms with Crippen molar-refractivity contribution in [2.45, 2.75) is 19.8 Å². The van der Waals surface area contributed by atoms with Crippen molar-refractivity contribution in [2.24, 2.45) is 5.92 Å². The zero-order valence-electron chi connectivity index (χ0n) is 10.9. The topological polar surface area (TPSA) is 30.5 Å². The molecule has 18 heavy (non-hydrogen) atoms. The summed E-state index contributed by atoms with van der Waals surface area (Å²) in [5, 5.41) is 3.40. The summed E-state index contributed by atoms with van der Waals surface area (Å²) >= 11 is 0. The lowest BCUT2D eigenvalue weighted by molar-refractivity contribution is 0.208. The Kier molecular flexibility index (Phi) is 6.91. The molecule has 0 aliphatic carbocycles. The Hall–Kier alpha value is -0.930. The second kappa shape index (κ2) is 8.22. The van der Waals surface area contributed by atoms with Gasteiger partial charge in [-0.1, -0.05) is 12.1 Å². The zero-order chi connectivity index (χ0) is 11.9. The Bertz CT molecular complexity index is 340. The summed E-state index contributed by atoms with van der Waals surface area (Å²) in [5.74, 6) is 2.33. The molecule has 0 amide bonds. The Morgan fingerprint density at radius 1 is 1.22 bits per heavy atom. The van der Waals surface area contributed by atoms with Gasteiger partial charge in [0.2, 0.25) is 0 Å². The molecule has 1 aromatic carbocycles. The molecule has 2 rings (SSSR count). The first-order chi connectivity index (χ1) is 8.40. The van der Waals surface area contributed by atoms with E-state index in [0.29, 0.717) is 12.5 Å². The van der Waals surface area contributed by atoms with Crippen LogP contribution in [0.25, 0.3) is 0 Å². The molecule has 1 aromatic rings. The van der Waals surface area contributed by atoms with Crippen LogP contribution in [0.15, 0.2) is 24.3 Å². The molecule has 1 heterocycles. The van der Waals surface area contributed by atoms with Gasteiger partial charge in [0.1, 0.15) is 0 Å². The normalized spacial score (nSPS) is 18.8. The van der Waals surface area contributed by atoms with Crippen molar-refractivity contribution < 1.29 is 9.47 Å². The summed E-state index contributed by atoms with van der Waals surface area (Å²) in [7, 11) is 0. The molecular formula is C14H22ClNO2. The fourth-order valence-electron chi connectivity index (χ4n) is 2.12. The average Bonchev–Trinajstić information content (AvgIpc) is 2.39. The average molecular weight is 272 g/mol. The molecule has 1 fully saturated rings. The van der Waals surface area contributed by atoms with Gasteiger partial charge in [-0.25, -0.2) is 0 Å². The van der Waals surface area contributed by atoms with Crippen molar-refractivity contribution in [1.29, 1.82) is 0 Å². The quantitative estimate of drug-likeness (QED) is 0.893. The van der Waals surface area contributed by atoms with Crippen LogP contribution in [-0.4, -0.2) is 26.3 Å². The van der Waals surface area contributed by atoms with Gasteiger partial charge in [0.05, 0.1) is 13.2 Å². The van der Waals surface area contributed by atoms with Gasteiger partial charge in [0, 0.05) is 12.5 Å². The third-order valence-corrected chi connectivity index (χ3v) is 3.02. The lowest BCUT2D eigenvalue weighted by Gasteiger charge is -2.23. The van der Waals surface area contributed by atoms with E-state index in [-0.39, 0.29) is 12.4 Å². The Balaban J connectivity index is 0.00000162. The minimum atomic E-state index is 0. The monoisotopic (exact) mass is 271 g/mol. The number of piperidine rings is 1. The van der Waals surface area contributed by atoms with Gasteiger partial charge in [0.15, 0.2) is 11.5 Å². The van der Waals surface area contributed by atoms with E-state index < -0.39 is 0 Å². The van der Waals surface area contributed by atoms with Gasteiger partial charge >= 0.3 is 0 Å². The van der Waals surface area contributed by atoms with Crippen LogP contribution in [0.3, 0.4) is 0 Å². The van der Waals surface area contributed by atoms with Crippen molar-refractivity contribution in [3.05, 3.63) is 24.3 Å². The fourth-order valence-corrected chi connectivity index (χ4v) is 2.12. The minimum absolute atomic E-state index is 0. The highest BCUT2D eigenvalue weighted by atomic mass is 35.5. The van der Waals surface area contributed by atoms with Crippen LogP contribution in [0.2, 0.25) is 0 Å². The number of para-hydroxylation sites is 2. The lowest BCUT2D eigenvalue weighted by atomic mass is 10.0. The summed E-state index contributed by atoms with van der Waals surface area (Å²) in [6, 6.07) is 7.89. The number of benzene rings is 1. The van der Waals surface area contributed by atoms with Gasteiger partial charge in [-0.05, 0) is 38.4 Å². The molecule has 0 aromatic heterocycles. The number of nitrogens with one attached hydrogen (secondary N) is 1. The number of rotatable bonds is 5. The number of hydrogen-bond donors (Lipinski definition) is 1. The predicted octanol–water partition coefficient (Wildman–Crippen LogP) is 2.89. The first-order valence-electron chi connectivity index (χ1n) is 6.45. The molecule has 0 spiro atoms. The molecule has 1 atom stereocenters. The van der Waals surface area contributed by atoms with Crippen LogP contribution in [0.1, 0.15) is 19.8 Å². The van der Waals surface area contributed by atoms with Crippen LogP contribution < -0.4 is 14.8 Å². The number of hydrogen-bond acceptors (Lipinski definition) is 3. The van der Waals surface area contributed by atoms with E-state index in [4.69, 9.17) is 9.47 Å². The van der Waals surface area contributed by atoms with Gasteiger partial charge in [-0.15, -0.1) is 12.4 Å². The van der Waals surface area contributed by atoms with E-state index in [0.717, 1.165) is 31.2 Å². The second-order valence-corrected chi connectivity index (χ2v) is 4.40. The van der Waals surface area contributed by atoms with Gasteiger partial charge in [-0.3, -0.25) is 0 Å². The van der Waals surface area contributed by atoms with Gasteiger partial charge in [0.25, 0.3) is 0 Å². The fraction of sp³-hybridized carbons (Fsp3) is 0.571. The molecular weight excluding hydrogens is 250 g/mol. The smallest absolute Gasteiger partial charge is 0.161 e. The number of halogens is 1. The maximum absolute atomic E-state index is 5.86. The largest absolute Gasteiger partial charge is 0.490 e. The third-order valence-electron chi connectivity index (χ3n) is 3.02. The van der Waals surface area contributed by atoms with Crippen LogP contribution in [0.5, 0.6) is 11.5 Å². The van der Waals surface area contributed by atoms with Crippen molar-refractivity contribution in [2.75, 3.05) is 26.3 Å². The van der Waals surface area contributed by atoms with E-state index >= 15 is 0 Å². The molecule has 1 unspecified atom stereocenters. The standard InChI is InChI=1S/C14H21NO2.ClH/c1-2-16-13-7-3-4-8-14(13)17-11-12-6-5-9-15-10-12;/h3-4,7-8,12,15H,2,5-6,9-11H2,1H3;1H. The molecule has 1 N–H and O–H groups in total. The molecule has 3 nitrogen and oxygen atoms in total. The summed E-state index contributed by atoms with van der Waals surface area (Å²) in [4.78, 5) is 0. The summed E-state index contributed by atoms with van der Waals surface area (Å²) < 4.78 is 11.4. The van der Waals surface area contributed by atoms with E-state index in [1.807, 2.05) is 31.2 Å². The first-order valence-corrected chi connectivity index (χ1v) is 6.45. The molecule has 4 heteroatoms. The molecule has 0 radical (unpaired) electrons. The Morgan fingerprint density at radius 3 is 2.56 bits per heavy atom. The van der Waals surface area contributed by atoms with E-state index in [1.165, 1.54) is 12.8 Å². The Labute approximate surface area is 115 Å². The molecule has 0 saturated carbocycles. The third kappa shape index (κ3) is 4.39. The summed E-state index contributed by atoms with van der Waals surface area (Å²) in [6.07, 6.45) is 2.50.